The third kappa shape index (κ3) is 3.21. The summed E-state index contributed by atoms with van der Waals surface area (Å²) in [6.07, 6.45) is 1.04. The van der Waals surface area contributed by atoms with E-state index in [0.29, 0.717) is 35.7 Å². The summed E-state index contributed by atoms with van der Waals surface area (Å²) in [5, 5.41) is 11.6. The van der Waals surface area contributed by atoms with E-state index in [1.165, 1.54) is 22.3 Å². The molecule has 0 saturated heterocycles. The molecule has 0 radical (unpaired) electrons. The van der Waals surface area contributed by atoms with Gasteiger partial charge in [0.2, 0.25) is 0 Å². The molecule has 34 heavy (non-hydrogen) atoms. The molecule has 1 atom stereocenters. The third-order valence-corrected chi connectivity index (χ3v) is 7.36. The summed E-state index contributed by atoms with van der Waals surface area (Å²) in [7, 11) is 1.63. The molecule has 1 aromatic heterocycles. The molecule has 0 fully saturated rings. The highest BCUT2D eigenvalue weighted by Crippen LogP contribution is 2.55. The number of hydrogen-bond acceptors (Lipinski definition) is 4. The minimum Gasteiger partial charge on any atom is -0.497 e. The van der Waals surface area contributed by atoms with Gasteiger partial charge in [0.1, 0.15) is 5.75 Å². The highest BCUT2D eigenvalue weighted by atomic mass is 16.5. The lowest BCUT2D eigenvalue weighted by Crippen LogP contribution is -2.39. The summed E-state index contributed by atoms with van der Waals surface area (Å²) in [5.41, 5.74) is 7.53. The second-order valence-electron chi connectivity index (χ2n) is 9.13. The fourth-order valence-corrected chi connectivity index (χ4v) is 5.79. The zero-order chi connectivity index (χ0) is 23.2. The zero-order valence-corrected chi connectivity index (χ0v) is 19.2. The molecule has 1 unspecified atom stereocenters. The Hall–Kier alpha value is -3.93. The Morgan fingerprint density at radius 2 is 1.68 bits per heavy atom. The van der Waals surface area contributed by atoms with E-state index in [0.717, 1.165) is 17.9 Å². The molecule has 3 aromatic carbocycles. The van der Waals surface area contributed by atoms with Crippen molar-refractivity contribution in [2.45, 2.75) is 25.2 Å². The Labute approximate surface area is 198 Å². The van der Waals surface area contributed by atoms with E-state index in [1.54, 1.807) is 11.8 Å². The van der Waals surface area contributed by atoms with Gasteiger partial charge in [0.25, 0.3) is 5.91 Å². The molecule has 2 bridgehead atoms. The van der Waals surface area contributed by atoms with E-state index < -0.39 is 0 Å². The van der Waals surface area contributed by atoms with Crippen LogP contribution in [0.3, 0.4) is 0 Å². The Bertz CT molecular complexity index is 1350. The van der Waals surface area contributed by atoms with E-state index >= 15 is 0 Å². The van der Waals surface area contributed by atoms with Crippen molar-refractivity contribution in [2.75, 3.05) is 13.7 Å². The number of nitrogens with one attached hydrogen (secondary N) is 1. The smallest absolute Gasteiger partial charge is 0.273 e. The summed E-state index contributed by atoms with van der Waals surface area (Å²) in [4.78, 5) is 13.1. The second-order valence-corrected chi connectivity index (χ2v) is 9.13. The van der Waals surface area contributed by atoms with Crippen LogP contribution in [0.1, 0.15) is 56.7 Å². The average molecular weight is 451 g/mol. The first-order valence-corrected chi connectivity index (χ1v) is 11.7. The van der Waals surface area contributed by atoms with Crippen LogP contribution >= 0.6 is 0 Å². The fraction of sp³-hybridized carbons (Fsp3) is 0.250. The molecule has 6 nitrogen and oxygen atoms in total. The lowest BCUT2D eigenvalue weighted by Gasteiger charge is -2.45. The number of benzene rings is 3. The van der Waals surface area contributed by atoms with Crippen molar-refractivity contribution < 1.29 is 9.53 Å². The minimum absolute atomic E-state index is 0.185. The van der Waals surface area contributed by atoms with Crippen molar-refractivity contribution in [1.82, 2.24) is 20.3 Å². The molecular formula is C28H26N4O2. The largest absolute Gasteiger partial charge is 0.497 e. The summed E-state index contributed by atoms with van der Waals surface area (Å²) < 4.78 is 6.98. The monoisotopic (exact) mass is 450 g/mol. The summed E-state index contributed by atoms with van der Waals surface area (Å²) in [6.45, 7) is 2.47. The number of fused-ring (bicyclic) bond motifs is 1. The van der Waals surface area contributed by atoms with E-state index in [9.17, 15) is 4.79 Å². The highest BCUT2D eigenvalue weighted by Gasteiger charge is 2.43. The van der Waals surface area contributed by atoms with Crippen LogP contribution in [0.15, 0.2) is 72.8 Å². The van der Waals surface area contributed by atoms with Gasteiger partial charge in [0.05, 0.1) is 18.5 Å². The van der Waals surface area contributed by atoms with E-state index in [4.69, 9.17) is 4.74 Å². The second kappa shape index (κ2) is 8.13. The van der Waals surface area contributed by atoms with Crippen LogP contribution in [0.25, 0.3) is 5.69 Å². The van der Waals surface area contributed by atoms with Gasteiger partial charge in [-0.15, -0.1) is 5.10 Å². The van der Waals surface area contributed by atoms with E-state index in [1.807, 2.05) is 31.2 Å². The van der Waals surface area contributed by atoms with Crippen molar-refractivity contribution in [2.24, 2.45) is 5.92 Å². The number of nitrogens with zero attached hydrogens (tertiary/aromatic N) is 3. The van der Waals surface area contributed by atoms with Gasteiger partial charge in [-0.25, -0.2) is 4.68 Å². The normalized spacial score (nSPS) is 19.9. The van der Waals surface area contributed by atoms with Crippen LogP contribution in [0, 0.1) is 12.8 Å². The van der Waals surface area contributed by atoms with Crippen molar-refractivity contribution in [3.63, 3.8) is 0 Å². The molecule has 4 aromatic rings. The Morgan fingerprint density at radius 3 is 2.35 bits per heavy atom. The van der Waals surface area contributed by atoms with Gasteiger partial charge in [-0.1, -0.05) is 59.8 Å². The van der Waals surface area contributed by atoms with Gasteiger partial charge in [0.15, 0.2) is 5.69 Å². The van der Waals surface area contributed by atoms with Gasteiger partial charge in [-0.2, -0.15) is 0 Å². The molecule has 7 rings (SSSR count). The first kappa shape index (κ1) is 20.7. The van der Waals surface area contributed by atoms with Crippen molar-refractivity contribution in [1.29, 1.82) is 0 Å². The molecular weight excluding hydrogens is 424 g/mol. The van der Waals surface area contributed by atoms with E-state index in [2.05, 4.69) is 64.2 Å². The van der Waals surface area contributed by atoms with Crippen LogP contribution in [0.2, 0.25) is 0 Å². The predicted octanol–water partition coefficient (Wildman–Crippen LogP) is 4.61. The molecule has 1 N–H and O–H groups in total. The van der Waals surface area contributed by atoms with Crippen molar-refractivity contribution in [3.05, 3.63) is 106 Å². The maximum absolute atomic E-state index is 13.1. The number of methoxy groups -OCH3 is 1. The topological polar surface area (TPSA) is 69.0 Å². The summed E-state index contributed by atoms with van der Waals surface area (Å²) in [6, 6.07) is 25.1. The maximum Gasteiger partial charge on any atom is 0.273 e. The molecule has 3 aliphatic carbocycles. The van der Waals surface area contributed by atoms with Crippen LogP contribution < -0.4 is 10.1 Å². The van der Waals surface area contributed by atoms with Crippen molar-refractivity contribution in [3.8, 4) is 11.4 Å². The van der Waals surface area contributed by atoms with Crippen molar-refractivity contribution >= 4 is 5.91 Å². The molecule has 0 spiro atoms. The zero-order valence-electron chi connectivity index (χ0n) is 19.2. The van der Waals surface area contributed by atoms with Crippen LogP contribution in [-0.2, 0) is 0 Å². The van der Waals surface area contributed by atoms with Gasteiger partial charge in [-0.3, -0.25) is 4.79 Å². The number of rotatable bonds is 5. The fourth-order valence-electron chi connectivity index (χ4n) is 5.79. The lowest BCUT2D eigenvalue weighted by molar-refractivity contribution is 0.0937. The number of amides is 1. The number of carbonyl (C=O) groups excluding carboxylic acids is 1. The minimum atomic E-state index is -0.185. The van der Waals surface area contributed by atoms with Gasteiger partial charge in [0, 0.05) is 24.4 Å². The van der Waals surface area contributed by atoms with Crippen LogP contribution in [0.5, 0.6) is 5.75 Å². The summed E-state index contributed by atoms with van der Waals surface area (Å²) in [5.74, 6) is 1.56. The van der Waals surface area contributed by atoms with E-state index in [-0.39, 0.29) is 5.91 Å². The molecule has 0 aliphatic heterocycles. The maximum atomic E-state index is 13.1. The van der Waals surface area contributed by atoms with Crippen LogP contribution in [0.4, 0.5) is 0 Å². The predicted molar refractivity (Wildman–Crippen MR) is 130 cm³/mol. The molecule has 0 saturated carbocycles. The number of hydrogen-bond donors (Lipinski definition) is 1. The molecule has 6 heteroatoms. The lowest BCUT2D eigenvalue weighted by atomic mass is 9.59. The third-order valence-electron chi connectivity index (χ3n) is 7.36. The number of carbonyl (C=O) groups is 1. The molecule has 1 heterocycles. The van der Waals surface area contributed by atoms with Gasteiger partial charge >= 0.3 is 0 Å². The molecule has 170 valence electrons. The van der Waals surface area contributed by atoms with Gasteiger partial charge < -0.3 is 10.1 Å². The Kier molecular flexibility index (Phi) is 4.94. The Balaban J connectivity index is 1.24. The molecule has 1 amide bonds. The first-order valence-electron chi connectivity index (χ1n) is 11.7. The number of aromatic nitrogens is 3. The SMILES string of the molecule is COc1cccc(-n2nnc(C(=O)NCC3CC4c5ccccc5C3c3ccccc34)c2C)c1. The Morgan fingerprint density at radius 1 is 1.00 bits per heavy atom. The average Bonchev–Trinajstić information content (AvgIpc) is 3.28. The van der Waals surface area contributed by atoms with Gasteiger partial charge in [-0.05, 0) is 53.6 Å². The quantitative estimate of drug-likeness (QED) is 0.482. The molecule has 3 aliphatic rings. The van der Waals surface area contributed by atoms with Crippen LogP contribution in [-0.4, -0.2) is 34.6 Å². The standard InChI is InChI=1S/C28H26N4O2/c1-17-27(30-31-32(17)19-8-7-9-20(15-19)34-2)28(33)29-16-18-14-25-21-10-3-5-12-23(21)26(18)24-13-6-4-11-22(24)25/h3-13,15,18,25-26H,14,16H2,1-2H3,(H,29,33). The first-order chi connectivity index (χ1) is 16.7. The number of ether oxygens (including phenoxy) is 1. The summed E-state index contributed by atoms with van der Waals surface area (Å²) >= 11 is 0. The highest BCUT2D eigenvalue weighted by molar-refractivity contribution is 5.93.